The third-order valence-electron chi connectivity index (χ3n) is 2.30. The first kappa shape index (κ1) is 12.9. The molecule has 0 aliphatic carbocycles. The molecular weight excluding hydrogens is 271 g/mol. The van der Waals surface area contributed by atoms with Gasteiger partial charge in [0.15, 0.2) is 0 Å². The highest BCUT2D eigenvalue weighted by atomic mass is 35.5. The lowest BCUT2D eigenvalue weighted by atomic mass is 10.3. The molecule has 0 aliphatic rings. The van der Waals surface area contributed by atoms with Gasteiger partial charge in [-0.25, -0.2) is 9.97 Å². The maximum Gasteiger partial charge on any atom is 0.135 e. The summed E-state index contributed by atoms with van der Waals surface area (Å²) >= 11 is 11.8. The number of nitrogens with zero attached hydrogens (tertiary/aromatic N) is 3. The first-order valence-corrected chi connectivity index (χ1v) is 6.03. The van der Waals surface area contributed by atoms with Gasteiger partial charge < -0.3 is 10.2 Å². The van der Waals surface area contributed by atoms with Crippen LogP contribution in [0.4, 0.5) is 17.3 Å². The van der Waals surface area contributed by atoms with Gasteiger partial charge in [0, 0.05) is 25.8 Å². The second-order valence-corrected chi connectivity index (χ2v) is 4.72. The predicted octanol–water partition coefficient (Wildman–Crippen LogP) is 3.59. The minimum atomic E-state index is 0.503. The topological polar surface area (TPSA) is 41.0 Å². The molecule has 0 atom stereocenters. The summed E-state index contributed by atoms with van der Waals surface area (Å²) < 4.78 is 0. The smallest absolute Gasteiger partial charge is 0.135 e. The Hall–Kier alpha value is -1.52. The quantitative estimate of drug-likeness (QED) is 0.934. The highest BCUT2D eigenvalue weighted by molar-refractivity contribution is 6.42. The van der Waals surface area contributed by atoms with Crippen molar-refractivity contribution in [3.8, 4) is 0 Å². The monoisotopic (exact) mass is 282 g/mol. The zero-order valence-corrected chi connectivity index (χ0v) is 11.5. The van der Waals surface area contributed by atoms with E-state index in [1.807, 2.05) is 31.1 Å². The fourth-order valence-electron chi connectivity index (χ4n) is 1.38. The number of hydrogen-bond acceptors (Lipinski definition) is 4. The van der Waals surface area contributed by atoms with Gasteiger partial charge in [0.1, 0.15) is 18.0 Å². The molecule has 6 heteroatoms. The minimum absolute atomic E-state index is 0.503. The summed E-state index contributed by atoms with van der Waals surface area (Å²) in [5, 5.41) is 4.18. The van der Waals surface area contributed by atoms with E-state index < -0.39 is 0 Å². The van der Waals surface area contributed by atoms with E-state index in [9.17, 15) is 0 Å². The van der Waals surface area contributed by atoms with Gasteiger partial charge >= 0.3 is 0 Å². The Labute approximate surface area is 116 Å². The van der Waals surface area contributed by atoms with Gasteiger partial charge in [-0.1, -0.05) is 23.2 Å². The Morgan fingerprint density at radius 2 is 1.83 bits per heavy atom. The van der Waals surface area contributed by atoms with Crippen molar-refractivity contribution in [3.05, 3.63) is 40.6 Å². The molecule has 1 heterocycles. The van der Waals surface area contributed by atoms with Crippen molar-refractivity contribution in [2.45, 2.75) is 0 Å². The van der Waals surface area contributed by atoms with Gasteiger partial charge in [0.2, 0.25) is 0 Å². The molecule has 0 bridgehead atoms. The SMILES string of the molecule is CN(C)c1cc(Nc2ccc(Cl)c(Cl)c2)ncn1. The number of rotatable bonds is 3. The molecule has 0 saturated carbocycles. The van der Waals surface area contributed by atoms with Crippen LogP contribution in [0.3, 0.4) is 0 Å². The van der Waals surface area contributed by atoms with Gasteiger partial charge in [-0.3, -0.25) is 0 Å². The highest BCUT2D eigenvalue weighted by Crippen LogP contribution is 2.26. The van der Waals surface area contributed by atoms with Crippen LogP contribution in [-0.2, 0) is 0 Å². The standard InChI is InChI=1S/C12H12Cl2N4/c1-18(2)12-6-11(15-7-16-12)17-8-3-4-9(13)10(14)5-8/h3-7H,1-2H3,(H,15,16,17). The molecule has 1 N–H and O–H groups in total. The summed E-state index contributed by atoms with van der Waals surface area (Å²) in [4.78, 5) is 10.2. The summed E-state index contributed by atoms with van der Waals surface area (Å²) in [6.45, 7) is 0. The lowest BCUT2D eigenvalue weighted by Gasteiger charge is -2.12. The summed E-state index contributed by atoms with van der Waals surface area (Å²) in [6.07, 6.45) is 1.51. The number of halogens is 2. The third-order valence-corrected chi connectivity index (χ3v) is 3.04. The van der Waals surface area contributed by atoms with Crippen LogP contribution in [0.2, 0.25) is 10.0 Å². The first-order chi connectivity index (χ1) is 8.56. The molecular formula is C12H12Cl2N4. The molecule has 2 aromatic rings. The second-order valence-electron chi connectivity index (χ2n) is 3.91. The molecule has 94 valence electrons. The normalized spacial score (nSPS) is 10.2. The number of aromatic nitrogens is 2. The van der Waals surface area contributed by atoms with E-state index >= 15 is 0 Å². The van der Waals surface area contributed by atoms with E-state index in [1.165, 1.54) is 6.33 Å². The van der Waals surface area contributed by atoms with Crippen molar-refractivity contribution < 1.29 is 0 Å². The van der Waals surface area contributed by atoms with E-state index in [1.54, 1.807) is 12.1 Å². The number of nitrogens with one attached hydrogen (secondary N) is 1. The van der Waals surface area contributed by atoms with Crippen LogP contribution in [0.25, 0.3) is 0 Å². The summed E-state index contributed by atoms with van der Waals surface area (Å²) in [5.74, 6) is 1.53. The Morgan fingerprint density at radius 3 is 2.50 bits per heavy atom. The Kier molecular flexibility index (Phi) is 3.89. The fourth-order valence-corrected chi connectivity index (χ4v) is 1.68. The van der Waals surface area contributed by atoms with Crippen LogP contribution in [0.15, 0.2) is 30.6 Å². The first-order valence-electron chi connectivity index (χ1n) is 5.27. The summed E-state index contributed by atoms with van der Waals surface area (Å²) in [7, 11) is 3.84. The van der Waals surface area contributed by atoms with Crippen molar-refractivity contribution in [2.75, 3.05) is 24.3 Å². The maximum atomic E-state index is 5.95. The van der Waals surface area contributed by atoms with Gasteiger partial charge in [-0.2, -0.15) is 0 Å². The largest absolute Gasteiger partial charge is 0.363 e. The van der Waals surface area contributed by atoms with E-state index in [0.717, 1.165) is 11.5 Å². The van der Waals surface area contributed by atoms with E-state index in [-0.39, 0.29) is 0 Å². The van der Waals surface area contributed by atoms with E-state index in [4.69, 9.17) is 23.2 Å². The zero-order chi connectivity index (χ0) is 13.1. The molecule has 0 amide bonds. The highest BCUT2D eigenvalue weighted by Gasteiger charge is 2.03. The van der Waals surface area contributed by atoms with Gasteiger partial charge in [-0.15, -0.1) is 0 Å². The number of anilines is 3. The molecule has 0 saturated heterocycles. The fraction of sp³-hybridized carbons (Fsp3) is 0.167. The zero-order valence-electron chi connectivity index (χ0n) is 9.98. The molecule has 1 aromatic heterocycles. The molecule has 0 aliphatic heterocycles. The number of hydrogen-bond donors (Lipinski definition) is 1. The van der Waals surface area contributed by atoms with Gasteiger partial charge in [-0.05, 0) is 18.2 Å². The molecule has 0 fully saturated rings. The predicted molar refractivity (Wildman–Crippen MR) is 76.1 cm³/mol. The lowest BCUT2D eigenvalue weighted by molar-refractivity contribution is 1.04. The van der Waals surface area contributed by atoms with Crippen LogP contribution >= 0.6 is 23.2 Å². The van der Waals surface area contributed by atoms with Crippen molar-refractivity contribution in [2.24, 2.45) is 0 Å². The Balaban J connectivity index is 2.23. The van der Waals surface area contributed by atoms with Crippen LogP contribution in [0.1, 0.15) is 0 Å². The minimum Gasteiger partial charge on any atom is -0.363 e. The molecule has 18 heavy (non-hydrogen) atoms. The number of benzene rings is 1. The lowest BCUT2D eigenvalue weighted by Crippen LogP contribution is -2.11. The van der Waals surface area contributed by atoms with Crippen LogP contribution in [-0.4, -0.2) is 24.1 Å². The average molecular weight is 283 g/mol. The molecule has 0 spiro atoms. The summed E-state index contributed by atoms with van der Waals surface area (Å²) in [6, 6.07) is 7.18. The van der Waals surface area contributed by atoms with Crippen molar-refractivity contribution in [1.82, 2.24) is 9.97 Å². The van der Waals surface area contributed by atoms with Crippen LogP contribution in [0, 0.1) is 0 Å². The molecule has 0 unspecified atom stereocenters. The Morgan fingerprint density at radius 1 is 1.06 bits per heavy atom. The molecule has 4 nitrogen and oxygen atoms in total. The van der Waals surface area contributed by atoms with Gasteiger partial charge in [0.25, 0.3) is 0 Å². The molecule has 0 radical (unpaired) electrons. The van der Waals surface area contributed by atoms with Crippen molar-refractivity contribution in [3.63, 3.8) is 0 Å². The van der Waals surface area contributed by atoms with Crippen LogP contribution in [0.5, 0.6) is 0 Å². The molecule has 2 rings (SSSR count). The Bertz CT molecular complexity index is 558. The van der Waals surface area contributed by atoms with Crippen molar-refractivity contribution >= 4 is 40.5 Å². The molecule has 1 aromatic carbocycles. The third kappa shape index (κ3) is 3.03. The second kappa shape index (κ2) is 5.42. The van der Waals surface area contributed by atoms with Crippen molar-refractivity contribution in [1.29, 1.82) is 0 Å². The van der Waals surface area contributed by atoms with E-state index in [0.29, 0.717) is 15.9 Å². The summed E-state index contributed by atoms with van der Waals surface area (Å²) in [5.41, 5.74) is 0.827. The van der Waals surface area contributed by atoms with E-state index in [2.05, 4.69) is 15.3 Å². The van der Waals surface area contributed by atoms with Crippen LogP contribution < -0.4 is 10.2 Å². The van der Waals surface area contributed by atoms with Gasteiger partial charge in [0.05, 0.1) is 10.0 Å². The maximum absolute atomic E-state index is 5.95. The average Bonchev–Trinajstić information content (AvgIpc) is 2.34.